The molecular formula is C19H26N2O2. The second-order valence-corrected chi connectivity index (χ2v) is 6.84. The highest BCUT2D eigenvalue weighted by atomic mass is 16.2. The van der Waals surface area contributed by atoms with Gasteiger partial charge in [-0.2, -0.15) is 0 Å². The van der Waals surface area contributed by atoms with Crippen LogP contribution in [0.3, 0.4) is 0 Å². The molecule has 1 aromatic rings. The molecule has 23 heavy (non-hydrogen) atoms. The number of carbonyl (C=O) groups excluding carboxylic acids is 2. The first-order valence-electron chi connectivity index (χ1n) is 8.87. The summed E-state index contributed by atoms with van der Waals surface area (Å²) in [6.45, 7) is 3.82. The molecule has 1 fully saturated rings. The lowest BCUT2D eigenvalue weighted by molar-refractivity contribution is 0.0651. The van der Waals surface area contributed by atoms with Crippen molar-refractivity contribution < 1.29 is 9.59 Å². The molecule has 2 atom stereocenters. The van der Waals surface area contributed by atoms with Gasteiger partial charge in [-0.05, 0) is 50.3 Å². The Kier molecular flexibility index (Phi) is 5.11. The van der Waals surface area contributed by atoms with E-state index in [9.17, 15) is 9.59 Å². The standard InChI is InChI=1S/C19H26N2O2/c1-14-8-2-5-11-17(14)20-12-6-7-13-21-18(22)15-9-3-4-10-16(15)19(21)23/h3-4,9-10,14,17,20H,2,5-8,11-13H2,1H3. The van der Waals surface area contributed by atoms with E-state index in [2.05, 4.69) is 12.2 Å². The summed E-state index contributed by atoms with van der Waals surface area (Å²) in [5.74, 6) is 0.485. The van der Waals surface area contributed by atoms with E-state index in [-0.39, 0.29) is 11.8 Å². The lowest BCUT2D eigenvalue weighted by Gasteiger charge is -2.29. The van der Waals surface area contributed by atoms with Crippen LogP contribution in [0.5, 0.6) is 0 Å². The number of rotatable bonds is 6. The van der Waals surface area contributed by atoms with Gasteiger partial charge in [-0.1, -0.05) is 31.9 Å². The van der Waals surface area contributed by atoms with E-state index in [1.54, 1.807) is 12.1 Å². The first-order chi connectivity index (χ1) is 11.2. The van der Waals surface area contributed by atoms with Crippen LogP contribution in [-0.4, -0.2) is 35.8 Å². The predicted octanol–water partition coefficient (Wildman–Crippen LogP) is 3.23. The van der Waals surface area contributed by atoms with Gasteiger partial charge in [0.05, 0.1) is 11.1 Å². The van der Waals surface area contributed by atoms with Crippen molar-refractivity contribution in [1.29, 1.82) is 0 Å². The fourth-order valence-corrected chi connectivity index (χ4v) is 3.74. The van der Waals surface area contributed by atoms with Gasteiger partial charge in [0, 0.05) is 12.6 Å². The molecule has 1 saturated carbocycles. The van der Waals surface area contributed by atoms with Crippen molar-refractivity contribution in [1.82, 2.24) is 10.2 Å². The molecule has 1 aliphatic carbocycles. The summed E-state index contributed by atoms with van der Waals surface area (Å²) in [6, 6.07) is 7.73. The minimum atomic E-state index is -0.139. The zero-order chi connectivity index (χ0) is 16.2. The molecule has 1 heterocycles. The zero-order valence-electron chi connectivity index (χ0n) is 13.9. The number of unbranched alkanes of at least 4 members (excludes halogenated alkanes) is 1. The summed E-state index contributed by atoms with van der Waals surface area (Å²) in [5, 5.41) is 3.65. The van der Waals surface area contributed by atoms with Crippen molar-refractivity contribution in [3.63, 3.8) is 0 Å². The van der Waals surface area contributed by atoms with Crippen LogP contribution in [0.2, 0.25) is 0 Å². The number of hydrogen-bond acceptors (Lipinski definition) is 3. The number of nitrogens with one attached hydrogen (secondary N) is 1. The van der Waals surface area contributed by atoms with E-state index in [0.29, 0.717) is 23.7 Å². The number of imide groups is 1. The van der Waals surface area contributed by atoms with E-state index < -0.39 is 0 Å². The highest BCUT2D eigenvalue weighted by Gasteiger charge is 2.34. The number of hydrogen-bond donors (Lipinski definition) is 1. The van der Waals surface area contributed by atoms with Crippen LogP contribution in [0.1, 0.15) is 66.2 Å². The van der Waals surface area contributed by atoms with Crippen LogP contribution in [0, 0.1) is 5.92 Å². The Morgan fingerprint density at radius 1 is 1.04 bits per heavy atom. The summed E-state index contributed by atoms with van der Waals surface area (Å²) < 4.78 is 0. The molecule has 0 bridgehead atoms. The summed E-state index contributed by atoms with van der Waals surface area (Å²) in [4.78, 5) is 25.9. The van der Waals surface area contributed by atoms with Crippen molar-refractivity contribution >= 4 is 11.8 Å². The van der Waals surface area contributed by atoms with Gasteiger partial charge in [0.2, 0.25) is 0 Å². The number of nitrogens with zero attached hydrogens (tertiary/aromatic N) is 1. The molecule has 4 nitrogen and oxygen atoms in total. The zero-order valence-corrected chi connectivity index (χ0v) is 13.9. The molecule has 0 radical (unpaired) electrons. The van der Waals surface area contributed by atoms with E-state index in [1.807, 2.05) is 12.1 Å². The van der Waals surface area contributed by atoms with Crippen molar-refractivity contribution in [2.24, 2.45) is 5.92 Å². The smallest absolute Gasteiger partial charge is 0.261 e. The summed E-state index contributed by atoms with van der Waals surface area (Å²) in [7, 11) is 0. The van der Waals surface area contributed by atoms with Crippen LogP contribution in [0.4, 0.5) is 0 Å². The number of carbonyl (C=O) groups is 2. The van der Waals surface area contributed by atoms with Crippen LogP contribution < -0.4 is 5.32 Å². The van der Waals surface area contributed by atoms with E-state index in [1.165, 1.54) is 30.6 Å². The quantitative estimate of drug-likeness (QED) is 0.648. The molecule has 2 unspecified atom stereocenters. The molecule has 4 heteroatoms. The Bertz CT molecular complexity index is 549. The second-order valence-electron chi connectivity index (χ2n) is 6.84. The molecule has 0 aromatic heterocycles. The van der Waals surface area contributed by atoms with E-state index in [4.69, 9.17) is 0 Å². The number of amides is 2. The molecule has 1 aliphatic heterocycles. The Labute approximate surface area is 138 Å². The first-order valence-corrected chi connectivity index (χ1v) is 8.87. The fraction of sp³-hybridized carbons (Fsp3) is 0.579. The highest BCUT2D eigenvalue weighted by molar-refractivity contribution is 6.21. The SMILES string of the molecule is CC1CCCCC1NCCCCN1C(=O)c2ccccc2C1=O. The third kappa shape index (κ3) is 3.47. The van der Waals surface area contributed by atoms with Gasteiger partial charge in [-0.25, -0.2) is 0 Å². The molecule has 0 spiro atoms. The maximum atomic E-state index is 12.3. The van der Waals surface area contributed by atoms with Crippen molar-refractivity contribution in [3.8, 4) is 0 Å². The third-order valence-electron chi connectivity index (χ3n) is 5.20. The van der Waals surface area contributed by atoms with Crippen LogP contribution in [-0.2, 0) is 0 Å². The fourth-order valence-electron chi connectivity index (χ4n) is 3.74. The minimum absolute atomic E-state index is 0.139. The van der Waals surface area contributed by atoms with Crippen molar-refractivity contribution in [2.75, 3.05) is 13.1 Å². The van der Waals surface area contributed by atoms with Gasteiger partial charge in [0.1, 0.15) is 0 Å². The van der Waals surface area contributed by atoms with Gasteiger partial charge >= 0.3 is 0 Å². The molecule has 1 N–H and O–H groups in total. The van der Waals surface area contributed by atoms with E-state index >= 15 is 0 Å². The van der Waals surface area contributed by atoms with Gasteiger partial charge in [-0.15, -0.1) is 0 Å². The summed E-state index contributed by atoms with van der Waals surface area (Å²) in [6.07, 6.45) is 7.15. The second kappa shape index (κ2) is 7.26. The normalized spacial score (nSPS) is 24.1. The van der Waals surface area contributed by atoms with Gasteiger partial charge in [0.15, 0.2) is 0 Å². The maximum Gasteiger partial charge on any atom is 0.261 e. The first kappa shape index (κ1) is 16.2. The van der Waals surface area contributed by atoms with E-state index in [0.717, 1.165) is 25.3 Å². The van der Waals surface area contributed by atoms with Crippen molar-refractivity contribution in [2.45, 2.75) is 51.5 Å². The molecule has 2 amide bonds. The van der Waals surface area contributed by atoms with Crippen molar-refractivity contribution in [3.05, 3.63) is 35.4 Å². The summed E-state index contributed by atoms with van der Waals surface area (Å²) >= 11 is 0. The lowest BCUT2D eigenvalue weighted by atomic mass is 9.86. The Balaban J connectivity index is 1.42. The van der Waals surface area contributed by atoms with Gasteiger partial charge in [0.25, 0.3) is 11.8 Å². The molecule has 124 valence electrons. The highest BCUT2D eigenvalue weighted by Crippen LogP contribution is 2.24. The third-order valence-corrected chi connectivity index (χ3v) is 5.20. The maximum absolute atomic E-state index is 12.3. The van der Waals surface area contributed by atoms with Crippen LogP contribution >= 0.6 is 0 Å². The predicted molar refractivity (Wildman–Crippen MR) is 90.5 cm³/mol. The Morgan fingerprint density at radius 3 is 2.35 bits per heavy atom. The van der Waals surface area contributed by atoms with Gasteiger partial charge < -0.3 is 5.32 Å². The molecule has 0 saturated heterocycles. The minimum Gasteiger partial charge on any atom is -0.314 e. The molecule has 2 aliphatic rings. The summed E-state index contributed by atoms with van der Waals surface area (Å²) in [5.41, 5.74) is 1.10. The number of benzene rings is 1. The Morgan fingerprint density at radius 2 is 1.70 bits per heavy atom. The largest absolute Gasteiger partial charge is 0.314 e. The molecular weight excluding hydrogens is 288 g/mol. The average molecular weight is 314 g/mol. The molecule has 1 aromatic carbocycles. The number of fused-ring (bicyclic) bond motifs is 1. The topological polar surface area (TPSA) is 49.4 Å². The van der Waals surface area contributed by atoms with Crippen LogP contribution in [0.15, 0.2) is 24.3 Å². The molecule has 3 rings (SSSR count). The Hall–Kier alpha value is -1.68. The van der Waals surface area contributed by atoms with Crippen LogP contribution in [0.25, 0.3) is 0 Å². The lowest BCUT2D eigenvalue weighted by Crippen LogP contribution is -2.38. The van der Waals surface area contributed by atoms with Gasteiger partial charge in [-0.3, -0.25) is 14.5 Å². The monoisotopic (exact) mass is 314 g/mol. The average Bonchev–Trinajstić information content (AvgIpc) is 2.81.